The van der Waals surface area contributed by atoms with Gasteiger partial charge in [-0.15, -0.1) is 12.4 Å². The number of hydrogen-bond acceptors (Lipinski definition) is 4. The number of halogens is 3. The smallest absolute Gasteiger partial charge is 0.327 e. The van der Waals surface area contributed by atoms with E-state index in [1.165, 1.54) is 12.1 Å². The van der Waals surface area contributed by atoms with Crippen molar-refractivity contribution in [3.8, 4) is 0 Å². The molecular weight excluding hydrogens is 362 g/mol. The normalized spacial score (nSPS) is 28.7. The summed E-state index contributed by atoms with van der Waals surface area (Å²) in [6.07, 6.45) is 2.95. The summed E-state index contributed by atoms with van der Waals surface area (Å²) in [6, 6.07) is 4.74. The molecular formula is C15H19ClF2N2O3S. The first-order valence-electron chi connectivity index (χ1n) is 7.49. The zero-order valence-electron chi connectivity index (χ0n) is 12.7. The Balaban J connectivity index is 0.00000208. The van der Waals surface area contributed by atoms with Crippen LogP contribution in [0.3, 0.4) is 0 Å². The number of benzene rings is 1. The van der Waals surface area contributed by atoms with Crippen LogP contribution in [0.1, 0.15) is 19.3 Å². The number of nitrogens with one attached hydrogen (secondary N) is 1. The number of hydrogen-bond donors (Lipinski definition) is 2. The molecule has 0 spiro atoms. The van der Waals surface area contributed by atoms with E-state index in [-0.39, 0.29) is 41.9 Å². The van der Waals surface area contributed by atoms with Crippen LogP contribution in [0.2, 0.25) is 0 Å². The Morgan fingerprint density at radius 2 is 1.92 bits per heavy atom. The third-order valence-electron chi connectivity index (χ3n) is 4.95. The summed E-state index contributed by atoms with van der Waals surface area (Å²) in [5, 5.41) is 2.62. The fourth-order valence-electron chi connectivity index (χ4n) is 3.80. The van der Waals surface area contributed by atoms with Gasteiger partial charge in [-0.05, 0) is 49.3 Å². The van der Waals surface area contributed by atoms with Crippen molar-refractivity contribution in [2.24, 2.45) is 23.5 Å². The summed E-state index contributed by atoms with van der Waals surface area (Å²) in [5.41, 5.74) is 6.29. The Kier molecular flexibility index (Phi) is 5.51. The van der Waals surface area contributed by atoms with Crippen molar-refractivity contribution >= 4 is 33.8 Å². The number of carbonyl (C=O) groups excluding carboxylic acids is 1. The van der Waals surface area contributed by atoms with Gasteiger partial charge in [0.1, 0.15) is 0 Å². The molecule has 24 heavy (non-hydrogen) atoms. The molecule has 2 aliphatic rings. The van der Waals surface area contributed by atoms with Gasteiger partial charge in [-0.3, -0.25) is 4.79 Å². The van der Waals surface area contributed by atoms with Crippen LogP contribution in [0.25, 0.3) is 0 Å². The second-order valence-corrected chi connectivity index (χ2v) is 8.18. The Morgan fingerprint density at radius 1 is 1.25 bits per heavy atom. The van der Waals surface area contributed by atoms with E-state index in [0.717, 1.165) is 31.4 Å². The number of carbonyl (C=O) groups is 1. The van der Waals surface area contributed by atoms with Gasteiger partial charge in [-0.1, -0.05) is 6.07 Å². The first-order valence-corrected chi connectivity index (χ1v) is 9.04. The molecule has 5 nitrogen and oxygen atoms in total. The van der Waals surface area contributed by atoms with Crippen molar-refractivity contribution in [1.29, 1.82) is 0 Å². The molecule has 2 fully saturated rings. The Bertz CT molecular complexity index is 727. The van der Waals surface area contributed by atoms with Gasteiger partial charge in [-0.25, -0.2) is 8.42 Å². The topological polar surface area (TPSA) is 89.3 Å². The second kappa shape index (κ2) is 6.93. The van der Waals surface area contributed by atoms with Crippen LogP contribution in [-0.4, -0.2) is 26.1 Å². The number of amides is 1. The lowest BCUT2D eigenvalue weighted by molar-refractivity contribution is -0.121. The van der Waals surface area contributed by atoms with E-state index in [1.54, 1.807) is 0 Å². The van der Waals surface area contributed by atoms with Gasteiger partial charge < -0.3 is 11.1 Å². The Hall–Kier alpha value is -1.25. The fraction of sp³-hybridized carbons (Fsp3) is 0.533. The first-order chi connectivity index (χ1) is 10.8. The zero-order valence-corrected chi connectivity index (χ0v) is 14.3. The van der Waals surface area contributed by atoms with Crippen LogP contribution in [0.5, 0.6) is 0 Å². The summed E-state index contributed by atoms with van der Waals surface area (Å²) in [5.74, 6) is -3.45. The monoisotopic (exact) mass is 380 g/mol. The lowest BCUT2D eigenvalue weighted by Crippen LogP contribution is -2.42. The van der Waals surface area contributed by atoms with Crippen LogP contribution >= 0.6 is 12.4 Å². The van der Waals surface area contributed by atoms with E-state index >= 15 is 0 Å². The molecule has 3 rings (SSSR count). The van der Waals surface area contributed by atoms with Crippen molar-refractivity contribution in [1.82, 2.24) is 0 Å². The minimum Gasteiger partial charge on any atom is -0.327 e. The average Bonchev–Trinajstić information content (AvgIpc) is 3.08. The van der Waals surface area contributed by atoms with Crippen LogP contribution in [0.15, 0.2) is 29.2 Å². The standard InChI is InChI=1S/C15H18F2N2O3S.ClH/c16-15(17)23(21,22)11-3-1-2-10(7-11)19-14(20)12-8-4-5-9(6-8)13(12)18;/h1-3,7-9,12-13,15H,4-6,18H2,(H,19,20);1H. The van der Waals surface area contributed by atoms with Crippen molar-refractivity contribution in [3.05, 3.63) is 24.3 Å². The lowest BCUT2D eigenvalue weighted by atomic mass is 9.84. The summed E-state index contributed by atoms with van der Waals surface area (Å²) < 4.78 is 48.2. The van der Waals surface area contributed by atoms with Gasteiger partial charge >= 0.3 is 5.76 Å². The molecule has 134 valence electrons. The van der Waals surface area contributed by atoms with E-state index in [0.29, 0.717) is 5.92 Å². The van der Waals surface area contributed by atoms with Crippen LogP contribution in [0, 0.1) is 17.8 Å². The van der Waals surface area contributed by atoms with Crippen LogP contribution < -0.4 is 11.1 Å². The number of sulfone groups is 1. The number of nitrogens with two attached hydrogens (primary N) is 1. The van der Waals surface area contributed by atoms with E-state index in [2.05, 4.69) is 5.32 Å². The molecule has 0 aromatic heterocycles. The number of alkyl halides is 2. The molecule has 2 aliphatic carbocycles. The Labute approximate surface area is 145 Å². The molecule has 1 aromatic carbocycles. The summed E-state index contributed by atoms with van der Waals surface area (Å²) >= 11 is 0. The predicted molar refractivity (Wildman–Crippen MR) is 87.8 cm³/mol. The summed E-state index contributed by atoms with van der Waals surface area (Å²) in [4.78, 5) is 11.9. The highest BCUT2D eigenvalue weighted by molar-refractivity contribution is 7.91. The van der Waals surface area contributed by atoms with Gasteiger partial charge in [0, 0.05) is 11.7 Å². The molecule has 1 amide bonds. The fourth-order valence-corrected chi connectivity index (χ4v) is 4.57. The van der Waals surface area contributed by atoms with Crippen LogP contribution in [-0.2, 0) is 14.6 Å². The van der Waals surface area contributed by atoms with E-state index in [1.807, 2.05) is 0 Å². The van der Waals surface area contributed by atoms with Crippen molar-refractivity contribution in [2.75, 3.05) is 5.32 Å². The highest BCUT2D eigenvalue weighted by Crippen LogP contribution is 2.47. The number of anilines is 1. The number of rotatable bonds is 4. The third-order valence-corrected chi connectivity index (χ3v) is 6.33. The average molecular weight is 381 g/mol. The zero-order chi connectivity index (χ0) is 16.8. The molecule has 9 heteroatoms. The second-order valence-electron chi connectivity index (χ2n) is 6.26. The molecule has 1 aromatic rings. The largest absolute Gasteiger partial charge is 0.341 e. The molecule has 4 unspecified atom stereocenters. The van der Waals surface area contributed by atoms with E-state index in [9.17, 15) is 22.0 Å². The quantitative estimate of drug-likeness (QED) is 0.839. The van der Waals surface area contributed by atoms with Gasteiger partial charge in [-0.2, -0.15) is 8.78 Å². The highest BCUT2D eigenvalue weighted by atomic mass is 35.5. The van der Waals surface area contributed by atoms with Gasteiger partial charge in [0.25, 0.3) is 0 Å². The van der Waals surface area contributed by atoms with Gasteiger partial charge in [0.2, 0.25) is 15.7 Å². The third kappa shape index (κ3) is 3.27. The molecule has 0 radical (unpaired) electrons. The number of fused-ring (bicyclic) bond motifs is 2. The molecule has 0 aliphatic heterocycles. The Morgan fingerprint density at radius 3 is 2.50 bits per heavy atom. The minimum atomic E-state index is -4.68. The molecule has 4 atom stereocenters. The first kappa shape index (κ1) is 19.1. The predicted octanol–water partition coefficient (Wildman–Crippen LogP) is 2.42. The molecule has 0 heterocycles. The molecule has 2 saturated carbocycles. The summed E-state index contributed by atoms with van der Waals surface area (Å²) in [6.45, 7) is 0. The maximum absolute atomic E-state index is 12.6. The lowest BCUT2D eigenvalue weighted by Gasteiger charge is -2.27. The van der Waals surface area contributed by atoms with Crippen molar-refractivity contribution in [3.63, 3.8) is 0 Å². The maximum atomic E-state index is 12.6. The molecule has 0 saturated heterocycles. The van der Waals surface area contributed by atoms with E-state index in [4.69, 9.17) is 5.73 Å². The van der Waals surface area contributed by atoms with Crippen LogP contribution in [0.4, 0.5) is 14.5 Å². The maximum Gasteiger partial charge on any atom is 0.341 e. The van der Waals surface area contributed by atoms with Crippen molar-refractivity contribution in [2.45, 2.75) is 36.0 Å². The molecule has 2 bridgehead atoms. The summed E-state index contributed by atoms with van der Waals surface area (Å²) in [7, 11) is -4.68. The highest BCUT2D eigenvalue weighted by Gasteiger charge is 2.49. The molecule has 3 N–H and O–H groups in total. The van der Waals surface area contributed by atoms with Gasteiger partial charge in [0.05, 0.1) is 10.8 Å². The minimum absolute atomic E-state index is 0. The SMILES string of the molecule is Cl.NC1C2CCC(C2)C1C(=O)Nc1cccc(S(=O)(=O)C(F)F)c1. The van der Waals surface area contributed by atoms with E-state index < -0.39 is 20.5 Å². The van der Waals surface area contributed by atoms with Crippen molar-refractivity contribution < 1.29 is 22.0 Å². The van der Waals surface area contributed by atoms with Gasteiger partial charge in [0.15, 0.2) is 0 Å².